The number of ether oxygens (including phenoxy) is 1. The lowest BCUT2D eigenvalue weighted by Gasteiger charge is -2.05. The molecule has 0 aliphatic heterocycles. The van der Waals surface area contributed by atoms with Gasteiger partial charge in [0.25, 0.3) is 0 Å². The quantitative estimate of drug-likeness (QED) is 0.429. The van der Waals surface area contributed by atoms with Crippen molar-refractivity contribution in [3.63, 3.8) is 0 Å². The molecule has 0 saturated carbocycles. The first-order chi connectivity index (χ1) is 11.0. The minimum absolute atomic E-state index is 0.0160. The molecule has 138 valence electrons. The molecule has 0 radical (unpaired) electrons. The molecule has 0 atom stereocenters. The van der Waals surface area contributed by atoms with Crippen LogP contribution in [0.4, 0.5) is 5.13 Å². The number of nitrogens with zero attached hydrogens (tertiary/aromatic N) is 2. The molecular weight excluding hydrogens is 342 g/mol. The molecule has 1 aromatic rings. The Morgan fingerprint density at radius 2 is 1.96 bits per heavy atom. The van der Waals surface area contributed by atoms with Crippen molar-refractivity contribution in [1.29, 1.82) is 0 Å². The largest absolute Gasteiger partial charge is 0.503 e. The van der Waals surface area contributed by atoms with Gasteiger partial charge in [-0.2, -0.15) is 0 Å². The van der Waals surface area contributed by atoms with E-state index in [9.17, 15) is 4.79 Å². The highest BCUT2D eigenvalue weighted by molar-refractivity contribution is 7.83. The van der Waals surface area contributed by atoms with E-state index in [2.05, 4.69) is 60.4 Å². The Morgan fingerprint density at radius 3 is 2.29 bits per heavy atom. The van der Waals surface area contributed by atoms with Crippen LogP contribution in [0, 0.1) is 11.3 Å². The summed E-state index contributed by atoms with van der Waals surface area (Å²) in [5.74, 6) is -0.0325. The minimum atomic E-state index is -0.0164. The van der Waals surface area contributed by atoms with E-state index in [0.29, 0.717) is 10.5 Å². The van der Waals surface area contributed by atoms with E-state index in [1.54, 1.807) is 25.7 Å². The van der Waals surface area contributed by atoms with Gasteiger partial charge in [0.05, 0.1) is 23.7 Å². The molecule has 7 heteroatoms. The Bertz CT molecular complexity index is 498. The predicted octanol–water partition coefficient (Wildman–Crippen LogP) is 5.27. The van der Waals surface area contributed by atoms with E-state index in [1.165, 1.54) is 17.6 Å². The van der Waals surface area contributed by atoms with Crippen molar-refractivity contribution in [2.75, 3.05) is 12.4 Å². The second kappa shape index (κ2) is 14.0. The number of carbonyl (C=O) groups excluding carboxylic acids is 1. The molecule has 0 aliphatic carbocycles. The van der Waals surface area contributed by atoms with Crippen LogP contribution >= 0.6 is 24.0 Å². The Balaban J connectivity index is 0. The van der Waals surface area contributed by atoms with Gasteiger partial charge in [-0.15, -0.1) is 12.6 Å². The van der Waals surface area contributed by atoms with Crippen molar-refractivity contribution in [3.05, 3.63) is 18.7 Å². The number of aliphatic imine (C=N–C) groups is 1. The summed E-state index contributed by atoms with van der Waals surface area (Å²) in [6, 6.07) is 0. The molecule has 1 aromatic heterocycles. The Hall–Kier alpha value is -1.34. The number of hydrogen-bond donors (Lipinski definition) is 2. The molecule has 0 aromatic carbocycles. The van der Waals surface area contributed by atoms with Gasteiger partial charge >= 0.3 is 0 Å². The van der Waals surface area contributed by atoms with Crippen LogP contribution in [0.1, 0.15) is 48.5 Å². The first kappa shape index (κ1) is 24.9. The maximum atomic E-state index is 11.2. The number of nitrogens with one attached hydrogen (secondary N) is 1. The average Bonchev–Trinajstić information content (AvgIpc) is 2.83. The van der Waals surface area contributed by atoms with Crippen LogP contribution in [0.3, 0.4) is 0 Å². The van der Waals surface area contributed by atoms with E-state index in [0.717, 1.165) is 4.21 Å². The second-order valence-corrected chi connectivity index (χ2v) is 8.39. The van der Waals surface area contributed by atoms with E-state index in [-0.39, 0.29) is 11.8 Å². The summed E-state index contributed by atoms with van der Waals surface area (Å²) in [6.07, 6.45) is 6.40. The van der Waals surface area contributed by atoms with Gasteiger partial charge in [0, 0.05) is 12.1 Å². The first-order valence-electron chi connectivity index (χ1n) is 7.62. The number of rotatable bonds is 4. The zero-order chi connectivity index (χ0) is 19.2. The third kappa shape index (κ3) is 20.7. The van der Waals surface area contributed by atoms with E-state index in [1.807, 2.05) is 20.8 Å². The maximum Gasteiger partial charge on any atom is 0.228 e. The smallest absolute Gasteiger partial charge is 0.228 e. The minimum Gasteiger partial charge on any atom is -0.503 e. The summed E-state index contributed by atoms with van der Waals surface area (Å²) >= 11 is 5.44. The van der Waals surface area contributed by atoms with Gasteiger partial charge in [-0.1, -0.05) is 52.9 Å². The van der Waals surface area contributed by atoms with Gasteiger partial charge in [0.1, 0.15) is 6.26 Å². The average molecular weight is 374 g/mol. The van der Waals surface area contributed by atoms with Gasteiger partial charge in [-0.25, -0.2) is 4.98 Å². The van der Waals surface area contributed by atoms with Crippen molar-refractivity contribution < 1.29 is 9.53 Å². The van der Waals surface area contributed by atoms with Crippen molar-refractivity contribution >= 4 is 41.2 Å². The molecule has 1 heterocycles. The van der Waals surface area contributed by atoms with Crippen LogP contribution in [0.5, 0.6) is 0 Å². The van der Waals surface area contributed by atoms with Gasteiger partial charge in [-0.3, -0.25) is 9.79 Å². The molecule has 5 nitrogen and oxygen atoms in total. The molecule has 1 N–H and O–H groups in total. The van der Waals surface area contributed by atoms with Gasteiger partial charge in [0.2, 0.25) is 5.91 Å². The van der Waals surface area contributed by atoms with E-state index >= 15 is 0 Å². The number of aromatic nitrogens is 1. The van der Waals surface area contributed by atoms with Crippen molar-refractivity contribution in [2.45, 2.75) is 52.7 Å². The topological polar surface area (TPSA) is 63.6 Å². The monoisotopic (exact) mass is 373 g/mol. The lowest BCUT2D eigenvalue weighted by Crippen LogP contribution is -2.17. The lowest BCUT2D eigenvalue weighted by molar-refractivity contribution is -0.118. The second-order valence-electron chi connectivity index (χ2n) is 6.58. The molecule has 0 fully saturated rings. The van der Waals surface area contributed by atoms with Crippen LogP contribution in [-0.4, -0.2) is 24.2 Å². The van der Waals surface area contributed by atoms with Crippen LogP contribution in [0.15, 0.2) is 27.9 Å². The van der Waals surface area contributed by atoms with Gasteiger partial charge in [-0.05, 0) is 12.3 Å². The summed E-state index contributed by atoms with van der Waals surface area (Å²) in [7, 11) is 1.58. The number of methoxy groups -OCH3 is 1. The van der Waals surface area contributed by atoms with Gasteiger partial charge < -0.3 is 10.1 Å². The molecule has 0 spiro atoms. The summed E-state index contributed by atoms with van der Waals surface area (Å²) < 4.78 is 5.35. The van der Waals surface area contributed by atoms with Crippen molar-refractivity contribution in [1.82, 2.24) is 4.98 Å². The predicted molar refractivity (Wildman–Crippen MR) is 108 cm³/mol. The molecule has 0 bridgehead atoms. The zero-order valence-electron chi connectivity index (χ0n) is 16.0. The number of hydrogen-bond acceptors (Lipinski definition) is 6. The highest BCUT2D eigenvalue weighted by atomic mass is 32.2. The lowest BCUT2D eigenvalue weighted by atomic mass is 10.0. The number of carbonyl (C=O) groups is 1. The highest BCUT2D eigenvalue weighted by Crippen LogP contribution is 2.21. The standard InChI is InChI=1S/C7H10N2OS2.C5H9NO.C5H12/c1-4(2)6(10)9-7-8-3-5(11)12-7;1-3-6-4-5-7-2;1-5(2,3)4/h3-4,11H,1-2H3,(H,8,9,10);3-5H,1-2H3;1-4H3/b;5-4-,6-3?;. The number of thiazole rings is 1. The Labute approximate surface area is 156 Å². The first-order valence-corrected chi connectivity index (χ1v) is 8.88. The number of thiol groups is 1. The van der Waals surface area contributed by atoms with Crippen LogP contribution in [-0.2, 0) is 9.53 Å². The van der Waals surface area contributed by atoms with Gasteiger partial charge in [0.15, 0.2) is 5.13 Å². The molecule has 0 saturated heterocycles. The Kier molecular flexibility index (Phi) is 14.6. The SMILES string of the molecule is CC(C)(C)C.CC(C)C(=O)Nc1ncc(S)s1.CC=N/C=C\OC. The van der Waals surface area contributed by atoms with E-state index in [4.69, 9.17) is 0 Å². The summed E-state index contributed by atoms with van der Waals surface area (Å²) in [5, 5.41) is 3.29. The third-order valence-electron chi connectivity index (χ3n) is 1.68. The molecule has 24 heavy (non-hydrogen) atoms. The normalized spacial score (nSPS) is 10.9. The molecular formula is C17H31N3O2S2. The highest BCUT2D eigenvalue weighted by Gasteiger charge is 2.08. The number of amides is 1. The van der Waals surface area contributed by atoms with Crippen molar-refractivity contribution in [3.8, 4) is 0 Å². The molecule has 0 aliphatic rings. The molecule has 1 amide bonds. The molecule has 1 rings (SSSR count). The summed E-state index contributed by atoms with van der Waals surface area (Å²) in [5.41, 5.74) is 0.500. The third-order valence-corrected chi connectivity index (χ3v) is 2.78. The fourth-order valence-corrected chi connectivity index (χ4v) is 1.63. The zero-order valence-corrected chi connectivity index (χ0v) is 17.7. The summed E-state index contributed by atoms with van der Waals surface area (Å²) in [4.78, 5) is 18.8. The number of anilines is 1. The van der Waals surface area contributed by atoms with Crippen LogP contribution in [0.25, 0.3) is 0 Å². The van der Waals surface area contributed by atoms with Crippen molar-refractivity contribution in [2.24, 2.45) is 16.3 Å². The fourth-order valence-electron chi connectivity index (χ4n) is 0.755. The van der Waals surface area contributed by atoms with Crippen LogP contribution in [0.2, 0.25) is 0 Å². The fraction of sp³-hybridized carbons (Fsp3) is 0.588. The summed E-state index contributed by atoms with van der Waals surface area (Å²) in [6.45, 7) is 14.3. The van der Waals surface area contributed by atoms with E-state index < -0.39 is 0 Å². The Morgan fingerprint density at radius 1 is 1.42 bits per heavy atom. The van der Waals surface area contributed by atoms with Crippen LogP contribution < -0.4 is 5.32 Å². The maximum absolute atomic E-state index is 11.2. The molecule has 0 unspecified atom stereocenters.